The number of nitrogens with zero attached hydrogens (tertiary/aromatic N) is 1. The number of carbonyl (C=O) groups excluding carboxylic acids is 1. The standard InChI is InChI=1S/C28H31NO6/c1-17(2)12-14-34-22-11-10-18(15-23(22)32-3)25-24-26(30)20-8-4-5-9-21(20)35-27(24)28(31)29(25)16-19-7-6-13-33-19/h4-5,8-11,15,17,19,25H,6-7,12-14,16H2,1-3H3/t19-,25+/m1/s1. The molecule has 3 heterocycles. The number of benzene rings is 2. The first kappa shape index (κ1) is 23.4. The van der Waals surface area contributed by atoms with Crippen molar-refractivity contribution in [3.05, 3.63) is 69.6 Å². The lowest BCUT2D eigenvalue weighted by atomic mass is 9.97. The molecule has 7 heteroatoms. The first-order chi connectivity index (χ1) is 17.0. The van der Waals surface area contributed by atoms with E-state index in [0.717, 1.165) is 24.8 Å². The zero-order chi connectivity index (χ0) is 24.5. The van der Waals surface area contributed by atoms with Crippen molar-refractivity contribution in [1.29, 1.82) is 0 Å². The van der Waals surface area contributed by atoms with E-state index in [1.165, 1.54) is 0 Å². The third-order valence-electron chi connectivity index (χ3n) is 6.75. The van der Waals surface area contributed by atoms with E-state index in [-0.39, 0.29) is 23.2 Å². The highest BCUT2D eigenvalue weighted by Crippen LogP contribution is 2.41. The second-order valence-corrected chi connectivity index (χ2v) is 9.61. The van der Waals surface area contributed by atoms with Crippen LogP contribution < -0.4 is 14.9 Å². The molecule has 1 fully saturated rings. The molecule has 7 nitrogen and oxygen atoms in total. The van der Waals surface area contributed by atoms with Crippen molar-refractivity contribution >= 4 is 16.9 Å². The Labute approximate surface area is 204 Å². The lowest BCUT2D eigenvalue weighted by Gasteiger charge is -2.28. The third kappa shape index (κ3) is 4.41. The summed E-state index contributed by atoms with van der Waals surface area (Å²) in [5, 5.41) is 0.462. The predicted molar refractivity (Wildman–Crippen MR) is 132 cm³/mol. The van der Waals surface area contributed by atoms with E-state index < -0.39 is 6.04 Å². The molecule has 2 aliphatic heterocycles. The minimum Gasteiger partial charge on any atom is -0.493 e. The van der Waals surface area contributed by atoms with E-state index in [1.807, 2.05) is 18.2 Å². The topological polar surface area (TPSA) is 78.2 Å². The molecule has 0 aliphatic carbocycles. The van der Waals surface area contributed by atoms with Crippen molar-refractivity contribution in [1.82, 2.24) is 4.90 Å². The zero-order valence-electron chi connectivity index (χ0n) is 20.4. The number of fused-ring (bicyclic) bond motifs is 2. The quantitative estimate of drug-likeness (QED) is 0.457. The molecular weight excluding hydrogens is 446 g/mol. The number of para-hydroxylation sites is 1. The van der Waals surface area contributed by atoms with E-state index >= 15 is 0 Å². The van der Waals surface area contributed by atoms with Crippen LogP contribution in [0, 0.1) is 5.92 Å². The van der Waals surface area contributed by atoms with Gasteiger partial charge in [0, 0.05) is 13.2 Å². The summed E-state index contributed by atoms with van der Waals surface area (Å²) < 4.78 is 23.4. The normalized spacial score (nSPS) is 19.5. The smallest absolute Gasteiger partial charge is 0.291 e. The molecule has 2 atom stereocenters. The Bertz CT molecular complexity index is 1290. The van der Waals surface area contributed by atoms with Crippen LogP contribution in [-0.2, 0) is 4.74 Å². The van der Waals surface area contributed by atoms with Crippen LogP contribution in [0.5, 0.6) is 11.5 Å². The fourth-order valence-electron chi connectivity index (χ4n) is 4.89. The number of hydrogen-bond donors (Lipinski definition) is 0. The van der Waals surface area contributed by atoms with Gasteiger partial charge < -0.3 is 23.5 Å². The van der Waals surface area contributed by atoms with Gasteiger partial charge in [0.25, 0.3) is 5.91 Å². The van der Waals surface area contributed by atoms with Gasteiger partial charge in [-0.05, 0) is 55.0 Å². The second kappa shape index (κ2) is 9.74. The van der Waals surface area contributed by atoms with Crippen molar-refractivity contribution in [3.63, 3.8) is 0 Å². The Hall–Kier alpha value is -3.32. The van der Waals surface area contributed by atoms with E-state index in [9.17, 15) is 9.59 Å². The fraction of sp³-hybridized carbons (Fsp3) is 0.429. The monoisotopic (exact) mass is 477 g/mol. The molecule has 35 heavy (non-hydrogen) atoms. The van der Waals surface area contributed by atoms with Gasteiger partial charge in [-0.25, -0.2) is 0 Å². The van der Waals surface area contributed by atoms with Gasteiger partial charge in [-0.1, -0.05) is 32.0 Å². The number of carbonyl (C=O) groups is 1. The predicted octanol–water partition coefficient (Wildman–Crippen LogP) is 4.95. The van der Waals surface area contributed by atoms with Crippen molar-refractivity contribution in [2.24, 2.45) is 5.92 Å². The van der Waals surface area contributed by atoms with Gasteiger partial charge in [-0.2, -0.15) is 0 Å². The Morgan fingerprint density at radius 2 is 1.94 bits per heavy atom. The van der Waals surface area contributed by atoms with Crippen LogP contribution in [-0.4, -0.2) is 43.8 Å². The molecule has 2 aliphatic rings. The van der Waals surface area contributed by atoms with Crippen LogP contribution >= 0.6 is 0 Å². The Kier molecular flexibility index (Phi) is 6.52. The maximum Gasteiger partial charge on any atom is 0.291 e. The van der Waals surface area contributed by atoms with Crippen LogP contribution in [0.3, 0.4) is 0 Å². The molecule has 3 aromatic rings. The zero-order valence-corrected chi connectivity index (χ0v) is 20.4. The highest BCUT2D eigenvalue weighted by molar-refractivity contribution is 5.99. The SMILES string of the molecule is COc1cc([C@H]2c3c(oc4ccccc4c3=O)C(=O)N2C[C@H]2CCCO2)ccc1OCCC(C)C. The molecule has 0 bridgehead atoms. The molecule has 0 saturated carbocycles. The highest BCUT2D eigenvalue weighted by atomic mass is 16.5. The van der Waals surface area contributed by atoms with Crippen LogP contribution in [0.4, 0.5) is 0 Å². The molecule has 0 N–H and O–H groups in total. The van der Waals surface area contributed by atoms with Gasteiger partial charge >= 0.3 is 0 Å². The van der Waals surface area contributed by atoms with Gasteiger partial charge in [0.05, 0.1) is 36.8 Å². The Balaban J connectivity index is 1.59. The van der Waals surface area contributed by atoms with Crippen molar-refractivity contribution < 1.29 is 23.4 Å². The Morgan fingerprint density at radius 1 is 1.11 bits per heavy atom. The molecular formula is C28H31NO6. The number of ether oxygens (including phenoxy) is 3. The summed E-state index contributed by atoms with van der Waals surface area (Å²) in [5.74, 6) is 1.54. The summed E-state index contributed by atoms with van der Waals surface area (Å²) in [4.78, 5) is 28.9. The summed E-state index contributed by atoms with van der Waals surface area (Å²) in [7, 11) is 1.59. The van der Waals surface area contributed by atoms with Gasteiger partial charge in [0.2, 0.25) is 5.76 Å². The summed E-state index contributed by atoms with van der Waals surface area (Å²) in [6.07, 6.45) is 2.70. The average Bonchev–Trinajstić information content (AvgIpc) is 3.46. The average molecular weight is 478 g/mol. The molecule has 2 aromatic carbocycles. The minimum absolute atomic E-state index is 0.0687. The second-order valence-electron chi connectivity index (χ2n) is 9.61. The van der Waals surface area contributed by atoms with Gasteiger partial charge in [0.1, 0.15) is 5.58 Å². The van der Waals surface area contributed by atoms with Crippen LogP contribution in [0.2, 0.25) is 0 Å². The number of rotatable bonds is 8. The molecule has 0 unspecified atom stereocenters. The van der Waals surface area contributed by atoms with E-state index in [0.29, 0.717) is 53.7 Å². The summed E-state index contributed by atoms with van der Waals surface area (Å²) >= 11 is 0. The first-order valence-corrected chi connectivity index (χ1v) is 12.3. The van der Waals surface area contributed by atoms with Crippen LogP contribution in [0.1, 0.15) is 60.8 Å². The van der Waals surface area contributed by atoms with Crippen molar-refractivity contribution in [2.45, 2.75) is 45.3 Å². The number of amides is 1. The third-order valence-corrected chi connectivity index (χ3v) is 6.75. The van der Waals surface area contributed by atoms with Crippen LogP contribution in [0.25, 0.3) is 11.0 Å². The van der Waals surface area contributed by atoms with Gasteiger partial charge in [0.15, 0.2) is 16.9 Å². The maximum absolute atomic E-state index is 13.6. The van der Waals surface area contributed by atoms with E-state index in [2.05, 4.69) is 13.8 Å². The van der Waals surface area contributed by atoms with E-state index in [4.69, 9.17) is 18.6 Å². The van der Waals surface area contributed by atoms with Crippen molar-refractivity contribution in [2.75, 3.05) is 26.9 Å². The molecule has 0 spiro atoms. The van der Waals surface area contributed by atoms with Crippen molar-refractivity contribution in [3.8, 4) is 11.5 Å². The lowest BCUT2D eigenvalue weighted by Crippen LogP contribution is -2.36. The molecule has 5 rings (SSSR count). The molecule has 184 valence electrons. The highest BCUT2D eigenvalue weighted by Gasteiger charge is 2.44. The number of hydrogen-bond acceptors (Lipinski definition) is 6. The fourth-order valence-corrected chi connectivity index (χ4v) is 4.89. The van der Waals surface area contributed by atoms with Crippen LogP contribution in [0.15, 0.2) is 51.7 Å². The first-order valence-electron chi connectivity index (χ1n) is 12.3. The maximum atomic E-state index is 13.6. The summed E-state index contributed by atoms with van der Waals surface area (Å²) in [6.45, 7) is 5.95. The molecule has 1 amide bonds. The lowest BCUT2D eigenvalue weighted by molar-refractivity contribution is 0.0486. The number of methoxy groups -OCH3 is 1. The van der Waals surface area contributed by atoms with Gasteiger partial charge in [-0.3, -0.25) is 9.59 Å². The summed E-state index contributed by atoms with van der Waals surface area (Å²) in [5.41, 5.74) is 1.35. The minimum atomic E-state index is -0.596. The Morgan fingerprint density at radius 3 is 2.69 bits per heavy atom. The largest absolute Gasteiger partial charge is 0.493 e. The summed E-state index contributed by atoms with van der Waals surface area (Å²) in [6, 6.07) is 12.1. The molecule has 1 aromatic heterocycles. The molecule has 0 radical (unpaired) electrons. The molecule has 1 saturated heterocycles. The van der Waals surface area contributed by atoms with E-state index in [1.54, 1.807) is 36.3 Å². The van der Waals surface area contributed by atoms with Gasteiger partial charge in [-0.15, -0.1) is 0 Å².